The van der Waals surface area contributed by atoms with Crippen LogP contribution in [0.5, 0.6) is 5.75 Å². The summed E-state index contributed by atoms with van der Waals surface area (Å²) < 4.78 is 5.37. The van der Waals surface area contributed by atoms with Gasteiger partial charge in [-0.05, 0) is 58.2 Å². The zero-order valence-electron chi connectivity index (χ0n) is 15.8. The average molecular weight is 347 g/mol. The molecular formula is C19H29N3O3. The van der Waals surface area contributed by atoms with E-state index >= 15 is 0 Å². The SMILES string of the molecule is COc1ccc(NC(C)=O)cc1N[C@H](C)C(=O)N1[C@@H](C)CCC[C@@H]1C. The first-order valence-corrected chi connectivity index (χ1v) is 8.87. The van der Waals surface area contributed by atoms with Gasteiger partial charge in [-0.25, -0.2) is 0 Å². The summed E-state index contributed by atoms with van der Waals surface area (Å²) in [5, 5.41) is 5.99. The van der Waals surface area contributed by atoms with Crippen LogP contribution in [0.1, 0.15) is 47.0 Å². The molecule has 0 bridgehead atoms. The van der Waals surface area contributed by atoms with Gasteiger partial charge in [0.15, 0.2) is 0 Å². The minimum atomic E-state index is -0.385. The second-order valence-electron chi connectivity index (χ2n) is 6.84. The van der Waals surface area contributed by atoms with Crippen molar-refractivity contribution in [2.45, 2.75) is 65.1 Å². The fourth-order valence-electron chi connectivity index (χ4n) is 3.48. The minimum absolute atomic E-state index is 0.0895. The molecule has 0 spiro atoms. The van der Waals surface area contributed by atoms with Gasteiger partial charge in [0.25, 0.3) is 0 Å². The summed E-state index contributed by atoms with van der Waals surface area (Å²) in [5.41, 5.74) is 1.35. The lowest BCUT2D eigenvalue weighted by Crippen LogP contribution is -2.52. The molecule has 1 aliphatic rings. The molecule has 2 amide bonds. The quantitative estimate of drug-likeness (QED) is 0.858. The molecule has 138 valence electrons. The number of rotatable bonds is 5. The first-order chi connectivity index (χ1) is 11.8. The van der Waals surface area contributed by atoms with Crippen LogP contribution in [0.15, 0.2) is 18.2 Å². The molecule has 6 heteroatoms. The fourth-order valence-corrected chi connectivity index (χ4v) is 3.48. The fraction of sp³-hybridized carbons (Fsp3) is 0.579. The number of methoxy groups -OCH3 is 1. The number of anilines is 2. The van der Waals surface area contributed by atoms with E-state index in [-0.39, 0.29) is 29.9 Å². The number of carbonyl (C=O) groups excluding carboxylic acids is 2. The smallest absolute Gasteiger partial charge is 0.245 e. The number of nitrogens with zero attached hydrogens (tertiary/aromatic N) is 1. The summed E-state index contributed by atoms with van der Waals surface area (Å²) >= 11 is 0. The lowest BCUT2D eigenvalue weighted by Gasteiger charge is -2.40. The van der Waals surface area contributed by atoms with Crippen molar-refractivity contribution in [3.05, 3.63) is 18.2 Å². The van der Waals surface area contributed by atoms with E-state index in [9.17, 15) is 9.59 Å². The Labute approximate surface area is 149 Å². The van der Waals surface area contributed by atoms with Crippen molar-refractivity contribution in [2.75, 3.05) is 17.7 Å². The average Bonchev–Trinajstić information content (AvgIpc) is 2.54. The molecule has 1 aromatic rings. The molecular weight excluding hydrogens is 318 g/mol. The van der Waals surface area contributed by atoms with Gasteiger partial charge in [0.2, 0.25) is 11.8 Å². The van der Waals surface area contributed by atoms with E-state index in [1.54, 1.807) is 25.3 Å². The summed E-state index contributed by atoms with van der Waals surface area (Å²) in [4.78, 5) is 26.2. The maximum absolute atomic E-state index is 12.9. The van der Waals surface area contributed by atoms with Crippen LogP contribution >= 0.6 is 0 Å². The third-order valence-electron chi connectivity index (χ3n) is 4.71. The van der Waals surface area contributed by atoms with Crippen LogP contribution < -0.4 is 15.4 Å². The second kappa shape index (κ2) is 8.23. The van der Waals surface area contributed by atoms with Crippen molar-refractivity contribution in [1.82, 2.24) is 4.90 Å². The first kappa shape index (κ1) is 19.1. The number of hydrogen-bond donors (Lipinski definition) is 2. The summed E-state index contributed by atoms with van der Waals surface area (Å²) in [6.45, 7) is 7.54. The van der Waals surface area contributed by atoms with E-state index < -0.39 is 0 Å². The highest BCUT2D eigenvalue weighted by molar-refractivity contribution is 5.90. The zero-order valence-corrected chi connectivity index (χ0v) is 15.8. The van der Waals surface area contributed by atoms with Crippen molar-refractivity contribution in [1.29, 1.82) is 0 Å². The predicted molar refractivity (Wildman–Crippen MR) is 100 cm³/mol. The molecule has 1 aromatic carbocycles. The Hall–Kier alpha value is -2.24. The Morgan fingerprint density at radius 3 is 2.44 bits per heavy atom. The molecule has 0 aromatic heterocycles. The second-order valence-corrected chi connectivity index (χ2v) is 6.84. The number of nitrogens with one attached hydrogen (secondary N) is 2. The lowest BCUT2D eigenvalue weighted by atomic mass is 9.96. The van der Waals surface area contributed by atoms with Crippen LogP contribution in [-0.4, -0.2) is 41.9 Å². The van der Waals surface area contributed by atoms with Crippen LogP contribution in [0.4, 0.5) is 11.4 Å². The maximum Gasteiger partial charge on any atom is 0.245 e. The van der Waals surface area contributed by atoms with Crippen LogP contribution in [0, 0.1) is 0 Å². The van der Waals surface area contributed by atoms with Crippen LogP contribution in [0.2, 0.25) is 0 Å². The molecule has 0 radical (unpaired) electrons. The zero-order chi connectivity index (χ0) is 18.6. The Balaban J connectivity index is 2.16. The molecule has 25 heavy (non-hydrogen) atoms. The molecule has 1 saturated heterocycles. The van der Waals surface area contributed by atoms with Gasteiger partial charge in [-0.2, -0.15) is 0 Å². The Kier molecular flexibility index (Phi) is 6.28. The number of hydrogen-bond acceptors (Lipinski definition) is 4. The van der Waals surface area contributed by atoms with E-state index in [1.807, 2.05) is 11.8 Å². The standard InChI is InChI=1S/C19H29N3O3/c1-12-7-6-8-13(2)22(12)19(24)14(3)20-17-11-16(21-15(4)23)9-10-18(17)25-5/h9-14,20H,6-8H2,1-5H3,(H,21,23)/t12-,13-,14+/m0/s1. The highest BCUT2D eigenvalue weighted by atomic mass is 16.5. The molecule has 2 rings (SSSR count). The third kappa shape index (κ3) is 4.65. The summed E-state index contributed by atoms with van der Waals surface area (Å²) in [7, 11) is 1.58. The van der Waals surface area contributed by atoms with Gasteiger partial charge >= 0.3 is 0 Å². The number of benzene rings is 1. The van der Waals surface area contributed by atoms with Crippen molar-refractivity contribution in [2.24, 2.45) is 0 Å². The van der Waals surface area contributed by atoms with Crippen LogP contribution in [-0.2, 0) is 9.59 Å². The maximum atomic E-state index is 12.9. The van der Waals surface area contributed by atoms with Crippen molar-refractivity contribution in [3.63, 3.8) is 0 Å². The van der Waals surface area contributed by atoms with E-state index in [1.165, 1.54) is 13.3 Å². The number of ether oxygens (including phenoxy) is 1. The molecule has 6 nitrogen and oxygen atoms in total. The number of amides is 2. The topological polar surface area (TPSA) is 70.7 Å². The number of carbonyl (C=O) groups is 2. The first-order valence-electron chi connectivity index (χ1n) is 8.87. The van der Waals surface area contributed by atoms with E-state index in [4.69, 9.17) is 4.74 Å². The molecule has 1 fully saturated rings. The number of likely N-dealkylation sites (tertiary alicyclic amines) is 1. The monoisotopic (exact) mass is 347 g/mol. The Morgan fingerprint density at radius 1 is 1.24 bits per heavy atom. The molecule has 0 aliphatic carbocycles. The lowest BCUT2D eigenvalue weighted by molar-refractivity contribution is -0.137. The predicted octanol–water partition coefficient (Wildman–Crippen LogP) is 3.24. The molecule has 0 unspecified atom stereocenters. The van der Waals surface area contributed by atoms with Gasteiger partial charge in [0.05, 0.1) is 12.8 Å². The number of piperidine rings is 1. The minimum Gasteiger partial charge on any atom is -0.495 e. The Bertz CT molecular complexity index is 622. The third-order valence-corrected chi connectivity index (χ3v) is 4.71. The van der Waals surface area contributed by atoms with Crippen molar-refractivity contribution in [3.8, 4) is 5.75 Å². The van der Waals surface area contributed by atoms with Crippen LogP contribution in [0.25, 0.3) is 0 Å². The summed E-state index contributed by atoms with van der Waals surface area (Å²) in [6, 6.07) is 5.46. The molecule has 0 saturated carbocycles. The highest BCUT2D eigenvalue weighted by Gasteiger charge is 2.31. The van der Waals surface area contributed by atoms with Crippen molar-refractivity contribution >= 4 is 23.2 Å². The van der Waals surface area contributed by atoms with E-state index in [2.05, 4.69) is 24.5 Å². The van der Waals surface area contributed by atoms with Gasteiger partial charge in [-0.3, -0.25) is 9.59 Å². The van der Waals surface area contributed by atoms with Gasteiger partial charge in [-0.1, -0.05) is 0 Å². The van der Waals surface area contributed by atoms with Gasteiger partial charge < -0.3 is 20.3 Å². The molecule has 1 aliphatic heterocycles. The summed E-state index contributed by atoms with van der Waals surface area (Å²) in [5.74, 6) is 0.580. The summed E-state index contributed by atoms with van der Waals surface area (Å²) in [6.07, 6.45) is 3.26. The molecule has 1 heterocycles. The molecule has 3 atom stereocenters. The molecule has 2 N–H and O–H groups in total. The largest absolute Gasteiger partial charge is 0.495 e. The van der Waals surface area contributed by atoms with Crippen LogP contribution in [0.3, 0.4) is 0 Å². The highest BCUT2D eigenvalue weighted by Crippen LogP contribution is 2.29. The van der Waals surface area contributed by atoms with E-state index in [0.29, 0.717) is 17.1 Å². The van der Waals surface area contributed by atoms with Crippen molar-refractivity contribution < 1.29 is 14.3 Å². The van der Waals surface area contributed by atoms with E-state index in [0.717, 1.165) is 12.8 Å². The van der Waals surface area contributed by atoms with Gasteiger partial charge in [-0.15, -0.1) is 0 Å². The normalized spacial score (nSPS) is 21.4. The van der Waals surface area contributed by atoms with Gasteiger partial charge in [0.1, 0.15) is 11.8 Å². The Morgan fingerprint density at radius 2 is 1.88 bits per heavy atom. The van der Waals surface area contributed by atoms with Gasteiger partial charge in [0, 0.05) is 24.7 Å².